The van der Waals surface area contributed by atoms with Crippen LogP contribution in [0.25, 0.3) is 0 Å². The van der Waals surface area contributed by atoms with E-state index in [2.05, 4.69) is 5.10 Å². The highest BCUT2D eigenvalue weighted by molar-refractivity contribution is 5.89. The van der Waals surface area contributed by atoms with Crippen LogP contribution in [0.1, 0.15) is 48.9 Å². The lowest BCUT2D eigenvalue weighted by atomic mass is 10.1. The second kappa shape index (κ2) is 10.5. The number of carbonyl (C=O) groups is 2. The molecule has 1 N–H and O–H groups in total. The molecule has 0 saturated heterocycles. The highest BCUT2D eigenvalue weighted by Crippen LogP contribution is 2.20. The number of carboxylic acids is 1. The summed E-state index contributed by atoms with van der Waals surface area (Å²) in [4.78, 5) is 36.4. The number of hydrogen-bond acceptors (Lipinski definition) is 6. The number of rotatable bonds is 10. The summed E-state index contributed by atoms with van der Waals surface area (Å²) < 4.78 is 40.3. The molecule has 0 aliphatic heterocycles. The van der Waals surface area contributed by atoms with E-state index in [4.69, 9.17) is 14.6 Å². The lowest BCUT2D eigenvalue weighted by Crippen LogP contribution is -2.37. The van der Waals surface area contributed by atoms with Gasteiger partial charge in [0, 0.05) is 18.2 Å². The Kier molecular flexibility index (Phi) is 7.68. The van der Waals surface area contributed by atoms with E-state index >= 15 is 0 Å². The topological polar surface area (TPSA) is 113 Å². The van der Waals surface area contributed by atoms with Gasteiger partial charge >= 0.3 is 17.6 Å². The van der Waals surface area contributed by atoms with Crippen LogP contribution in [0.4, 0.5) is 8.78 Å². The first kappa shape index (κ1) is 25.6. The fraction of sp³-hybridized carbons (Fsp3) is 0.333. The molecule has 9 nitrogen and oxygen atoms in total. The molecule has 0 spiro atoms. The number of benzene rings is 2. The lowest BCUT2D eigenvalue weighted by molar-refractivity contribution is -0.152. The van der Waals surface area contributed by atoms with Crippen molar-refractivity contribution in [3.63, 3.8) is 0 Å². The summed E-state index contributed by atoms with van der Waals surface area (Å²) in [5, 5.41) is 13.3. The zero-order valence-corrected chi connectivity index (χ0v) is 19.5. The molecule has 0 aliphatic carbocycles. The fourth-order valence-electron chi connectivity index (χ4n) is 3.17. The van der Waals surface area contributed by atoms with Crippen LogP contribution in [0.3, 0.4) is 0 Å². The van der Waals surface area contributed by atoms with Gasteiger partial charge in [-0.2, -0.15) is 5.10 Å². The number of esters is 1. The highest BCUT2D eigenvalue weighted by atomic mass is 19.1. The van der Waals surface area contributed by atoms with Crippen molar-refractivity contribution in [2.24, 2.45) is 0 Å². The van der Waals surface area contributed by atoms with E-state index in [1.165, 1.54) is 48.7 Å². The van der Waals surface area contributed by atoms with Gasteiger partial charge in [-0.15, -0.1) is 0 Å². The normalized spacial score (nSPS) is 11.3. The summed E-state index contributed by atoms with van der Waals surface area (Å²) in [5.41, 5.74) is -1.68. The molecule has 2 aromatic carbocycles. The standard InChI is InChI=1S/C24H25F2N3O6/c1-4-11-28-20(27-29(23(28)33)13-16-5-8-17(25)12-19(16)26)14-34-21(30)15-6-9-18(10-7-15)35-24(2,3)22(31)32/h5-10,12H,4,11,13-14H2,1-3H3,(H,31,32). The molecule has 3 rings (SSSR count). The second-order valence-corrected chi connectivity index (χ2v) is 8.26. The van der Waals surface area contributed by atoms with Gasteiger partial charge in [-0.05, 0) is 50.6 Å². The van der Waals surface area contributed by atoms with Crippen molar-refractivity contribution < 1.29 is 33.0 Å². The molecule has 186 valence electrons. The number of aliphatic carboxylic acids is 1. The molecule has 0 bridgehead atoms. The average Bonchev–Trinajstić information content (AvgIpc) is 3.09. The minimum Gasteiger partial charge on any atom is -0.478 e. The maximum atomic E-state index is 14.0. The van der Waals surface area contributed by atoms with E-state index in [9.17, 15) is 23.2 Å². The minimum absolute atomic E-state index is 0.0894. The Labute approximate surface area is 199 Å². The van der Waals surface area contributed by atoms with Crippen molar-refractivity contribution in [1.29, 1.82) is 0 Å². The maximum Gasteiger partial charge on any atom is 0.347 e. The Morgan fingerprint density at radius 3 is 2.40 bits per heavy atom. The first-order valence-corrected chi connectivity index (χ1v) is 10.8. The Morgan fingerprint density at radius 1 is 1.11 bits per heavy atom. The first-order valence-electron chi connectivity index (χ1n) is 10.8. The third-order valence-corrected chi connectivity index (χ3v) is 5.09. The largest absolute Gasteiger partial charge is 0.478 e. The Bertz CT molecular complexity index is 1280. The summed E-state index contributed by atoms with van der Waals surface area (Å²) in [7, 11) is 0. The number of ether oxygens (including phenoxy) is 2. The Hall–Kier alpha value is -4.02. The smallest absolute Gasteiger partial charge is 0.347 e. The van der Waals surface area contributed by atoms with Gasteiger partial charge in [0.1, 0.15) is 17.4 Å². The zero-order valence-electron chi connectivity index (χ0n) is 19.5. The summed E-state index contributed by atoms with van der Waals surface area (Å²) in [6, 6.07) is 8.79. The number of carboxylic acid groups (broad SMARTS) is 1. The van der Waals surface area contributed by atoms with E-state index in [0.717, 1.165) is 16.8 Å². The molecule has 1 aromatic heterocycles. The molecule has 11 heteroatoms. The summed E-state index contributed by atoms with van der Waals surface area (Å²) in [5.74, 6) is -2.92. The van der Waals surface area contributed by atoms with Gasteiger partial charge < -0.3 is 14.6 Å². The van der Waals surface area contributed by atoms with Gasteiger partial charge in [-0.25, -0.2) is 27.8 Å². The van der Waals surface area contributed by atoms with Gasteiger partial charge in [-0.1, -0.05) is 13.0 Å². The second-order valence-electron chi connectivity index (χ2n) is 8.26. The molecule has 0 saturated carbocycles. The van der Waals surface area contributed by atoms with Crippen LogP contribution in [0, 0.1) is 11.6 Å². The van der Waals surface area contributed by atoms with Crippen molar-refractivity contribution >= 4 is 11.9 Å². The van der Waals surface area contributed by atoms with E-state index in [0.29, 0.717) is 13.0 Å². The van der Waals surface area contributed by atoms with Crippen LogP contribution in [0.15, 0.2) is 47.3 Å². The van der Waals surface area contributed by atoms with Crippen molar-refractivity contribution in [2.45, 2.75) is 52.5 Å². The summed E-state index contributed by atoms with van der Waals surface area (Å²) in [6.45, 7) is 4.44. The van der Waals surface area contributed by atoms with Crippen molar-refractivity contribution in [1.82, 2.24) is 14.3 Å². The average molecular weight is 489 g/mol. The van der Waals surface area contributed by atoms with Crippen molar-refractivity contribution in [3.8, 4) is 5.75 Å². The van der Waals surface area contributed by atoms with Gasteiger partial charge in [0.05, 0.1) is 12.1 Å². The van der Waals surface area contributed by atoms with Gasteiger partial charge in [0.2, 0.25) is 0 Å². The van der Waals surface area contributed by atoms with Crippen molar-refractivity contribution in [3.05, 3.63) is 81.5 Å². The number of aromatic nitrogens is 3. The van der Waals surface area contributed by atoms with E-state index in [1.54, 1.807) is 0 Å². The number of nitrogens with zero attached hydrogens (tertiary/aromatic N) is 3. The Morgan fingerprint density at radius 2 is 1.80 bits per heavy atom. The molecule has 0 atom stereocenters. The molecule has 1 heterocycles. The van der Waals surface area contributed by atoms with Crippen LogP contribution < -0.4 is 10.4 Å². The van der Waals surface area contributed by atoms with Gasteiger partial charge in [0.25, 0.3) is 0 Å². The van der Waals surface area contributed by atoms with Crippen LogP contribution in [0.2, 0.25) is 0 Å². The zero-order chi connectivity index (χ0) is 25.8. The van der Waals surface area contributed by atoms with Crippen LogP contribution >= 0.6 is 0 Å². The molecule has 0 amide bonds. The monoisotopic (exact) mass is 489 g/mol. The highest BCUT2D eigenvalue weighted by Gasteiger charge is 2.29. The van der Waals surface area contributed by atoms with Crippen molar-refractivity contribution in [2.75, 3.05) is 0 Å². The van der Waals surface area contributed by atoms with E-state index < -0.39 is 34.9 Å². The molecule has 0 radical (unpaired) electrons. The number of halogens is 2. The van der Waals surface area contributed by atoms with E-state index in [1.807, 2.05) is 6.92 Å². The van der Waals surface area contributed by atoms with Gasteiger partial charge in [0.15, 0.2) is 18.0 Å². The molecule has 0 fully saturated rings. The predicted molar refractivity (Wildman–Crippen MR) is 120 cm³/mol. The number of carbonyl (C=O) groups excluding carboxylic acids is 1. The molecule has 0 unspecified atom stereocenters. The summed E-state index contributed by atoms with van der Waals surface area (Å²) in [6.07, 6.45) is 0.603. The molecule has 35 heavy (non-hydrogen) atoms. The molecular weight excluding hydrogens is 464 g/mol. The van der Waals surface area contributed by atoms with E-state index in [-0.39, 0.29) is 35.9 Å². The maximum absolute atomic E-state index is 14.0. The van der Waals surface area contributed by atoms with Crippen LogP contribution in [-0.2, 0) is 29.2 Å². The third kappa shape index (κ3) is 6.11. The van der Waals surface area contributed by atoms with Crippen LogP contribution in [-0.4, -0.2) is 37.0 Å². The molecule has 3 aromatic rings. The number of hydrogen-bond donors (Lipinski definition) is 1. The Balaban J connectivity index is 1.72. The SMILES string of the molecule is CCCn1c(COC(=O)c2ccc(OC(C)(C)C(=O)O)cc2)nn(Cc2ccc(F)cc2F)c1=O. The van der Waals surface area contributed by atoms with Crippen LogP contribution in [0.5, 0.6) is 5.75 Å². The lowest BCUT2D eigenvalue weighted by Gasteiger charge is -2.21. The third-order valence-electron chi connectivity index (χ3n) is 5.09. The van der Waals surface area contributed by atoms with Gasteiger partial charge in [-0.3, -0.25) is 4.57 Å². The first-order chi connectivity index (χ1) is 16.5. The summed E-state index contributed by atoms with van der Waals surface area (Å²) >= 11 is 0. The minimum atomic E-state index is -1.44. The molecular formula is C24H25F2N3O6. The quantitative estimate of drug-likeness (QED) is 0.435. The molecule has 0 aliphatic rings. The fourth-order valence-corrected chi connectivity index (χ4v) is 3.17. The predicted octanol–water partition coefficient (Wildman–Crippen LogP) is 3.38.